The van der Waals surface area contributed by atoms with Gasteiger partial charge in [-0.15, -0.1) is 0 Å². The number of amides is 3. The number of hydrogen-bond donors (Lipinski definition) is 1. The number of piperazine rings is 1. The standard InChI is InChI=1S/C14H26N4O2/c1-16(12-13(19)17-10-6-15-7-11-17)14(20)18-8-4-2-3-5-9-18/h15H,2-12H2,1H3. The van der Waals surface area contributed by atoms with Crippen LogP contribution in [-0.2, 0) is 4.79 Å². The number of likely N-dealkylation sites (N-methyl/N-ethyl adjacent to an activating group) is 1. The molecule has 0 aromatic carbocycles. The lowest BCUT2D eigenvalue weighted by Crippen LogP contribution is -2.51. The lowest BCUT2D eigenvalue weighted by atomic mass is 10.2. The molecule has 0 atom stereocenters. The van der Waals surface area contributed by atoms with Gasteiger partial charge in [-0.3, -0.25) is 4.79 Å². The van der Waals surface area contributed by atoms with Gasteiger partial charge in [-0.25, -0.2) is 4.79 Å². The van der Waals surface area contributed by atoms with E-state index < -0.39 is 0 Å². The van der Waals surface area contributed by atoms with Crippen LogP contribution in [0.2, 0.25) is 0 Å². The van der Waals surface area contributed by atoms with Crippen LogP contribution in [0, 0.1) is 0 Å². The molecule has 3 amide bonds. The van der Waals surface area contributed by atoms with Gasteiger partial charge in [0.2, 0.25) is 5.91 Å². The Kier molecular flexibility index (Phi) is 5.64. The Hall–Kier alpha value is -1.30. The Bertz CT molecular complexity index is 334. The molecule has 2 heterocycles. The topological polar surface area (TPSA) is 55.9 Å². The van der Waals surface area contributed by atoms with E-state index in [1.807, 2.05) is 9.80 Å². The summed E-state index contributed by atoms with van der Waals surface area (Å²) in [6, 6.07) is -0.00427. The van der Waals surface area contributed by atoms with E-state index in [0.29, 0.717) is 0 Å². The Morgan fingerprint density at radius 1 is 0.950 bits per heavy atom. The molecule has 2 aliphatic heterocycles. The molecule has 20 heavy (non-hydrogen) atoms. The zero-order valence-electron chi connectivity index (χ0n) is 12.4. The normalized spacial score (nSPS) is 20.4. The fraction of sp³-hybridized carbons (Fsp3) is 0.857. The Morgan fingerprint density at radius 2 is 1.55 bits per heavy atom. The van der Waals surface area contributed by atoms with E-state index in [1.54, 1.807) is 11.9 Å². The SMILES string of the molecule is CN(CC(=O)N1CCNCC1)C(=O)N1CCCCCC1. The van der Waals surface area contributed by atoms with Crippen LogP contribution in [0.4, 0.5) is 4.79 Å². The summed E-state index contributed by atoms with van der Waals surface area (Å²) in [5.41, 5.74) is 0. The monoisotopic (exact) mass is 282 g/mol. The van der Waals surface area contributed by atoms with E-state index in [0.717, 1.165) is 52.1 Å². The number of likely N-dealkylation sites (tertiary alicyclic amines) is 1. The average molecular weight is 282 g/mol. The van der Waals surface area contributed by atoms with Crippen LogP contribution in [-0.4, -0.2) is 79.5 Å². The smallest absolute Gasteiger partial charge is 0.320 e. The number of nitrogens with one attached hydrogen (secondary N) is 1. The lowest BCUT2D eigenvalue weighted by molar-refractivity contribution is -0.132. The summed E-state index contributed by atoms with van der Waals surface area (Å²) in [4.78, 5) is 29.8. The van der Waals surface area contributed by atoms with Crippen molar-refractivity contribution in [2.45, 2.75) is 25.7 Å². The van der Waals surface area contributed by atoms with Gasteiger partial charge in [-0.1, -0.05) is 12.8 Å². The highest BCUT2D eigenvalue weighted by atomic mass is 16.2. The molecular formula is C14H26N4O2. The molecule has 0 aromatic rings. The van der Waals surface area contributed by atoms with E-state index in [1.165, 1.54) is 12.8 Å². The van der Waals surface area contributed by atoms with E-state index in [9.17, 15) is 9.59 Å². The van der Waals surface area contributed by atoms with E-state index >= 15 is 0 Å². The summed E-state index contributed by atoms with van der Waals surface area (Å²) >= 11 is 0. The third-order valence-electron chi connectivity index (χ3n) is 4.05. The number of nitrogens with zero attached hydrogens (tertiary/aromatic N) is 3. The minimum atomic E-state index is -0.00427. The Morgan fingerprint density at radius 3 is 2.15 bits per heavy atom. The van der Waals surface area contributed by atoms with Gasteiger partial charge >= 0.3 is 6.03 Å². The van der Waals surface area contributed by atoms with Gasteiger partial charge in [0, 0.05) is 46.3 Å². The van der Waals surface area contributed by atoms with Crippen molar-refractivity contribution in [3.8, 4) is 0 Å². The van der Waals surface area contributed by atoms with Crippen molar-refractivity contribution in [3.05, 3.63) is 0 Å². The van der Waals surface area contributed by atoms with Crippen molar-refractivity contribution in [3.63, 3.8) is 0 Å². The number of carbonyl (C=O) groups is 2. The van der Waals surface area contributed by atoms with Crippen molar-refractivity contribution in [2.75, 3.05) is 52.9 Å². The van der Waals surface area contributed by atoms with Crippen molar-refractivity contribution in [1.29, 1.82) is 0 Å². The summed E-state index contributed by atoms with van der Waals surface area (Å²) < 4.78 is 0. The Balaban J connectivity index is 1.81. The zero-order valence-corrected chi connectivity index (χ0v) is 12.4. The van der Waals surface area contributed by atoms with Crippen LogP contribution in [0.5, 0.6) is 0 Å². The number of urea groups is 1. The molecule has 6 heteroatoms. The molecule has 0 spiro atoms. The summed E-state index contributed by atoms with van der Waals surface area (Å²) in [5, 5.41) is 3.22. The number of rotatable bonds is 2. The molecule has 2 aliphatic rings. The first-order valence-electron chi connectivity index (χ1n) is 7.67. The van der Waals surface area contributed by atoms with Crippen LogP contribution in [0.15, 0.2) is 0 Å². The van der Waals surface area contributed by atoms with Crippen molar-refractivity contribution < 1.29 is 9.59 Å². The molecule has 0 aromatic heterocycles. The molecule has 1 N–H and O–H groups in total. The van der Waals surface area contributed by atoms with Crippen LogP contribution in [0.3, 0.4) is 0 Å². The maximum atomic E-state index is 12.3. The Labute approximate surface area is 121 Å². The van der Waals surface area contributed by atoms with Gasteiger partial charge in [0.05, 0.1) is 0 Å². The minimum absolute atomic E-state index is 0.00427. The van der Waals surface area contributed by atoms with Gasteiger partial charge in [-0.2, -0.15) is 0 Å². The molecule has 2 fully saturated rings. The lowest BCUT2D eigenvalue weighted by Gasteiger charge is -2.31. The molecule has 0 unspecified atom stereocenters. The van der Waals surface area contributed by atoms with Crippen LogP contribution in [0.25, 0.3) is 0 Å². The van der Waals surface area contributed by atoms with Crippen LogP contribution >= 0.6 is 0 Å². The second-order valence-electron chi connectivity index (χ2n) is 5.67. The van der Waals surface area contributed by atoms with Crippen LogP contribution in [0.1, 0.15) is 25.7 Å². The molecule has 0 aliphatic carbocycles. The maximum absolute atomic E-state index is 12.3. The summed E-state index contributed by atoms with van der Waals surface area (Å²) in [7, 11) is 1.73. The largest absolute Gasteiger partial charge is 0.339 e. The molecule has 2 rings (SSSR count). The maximum Gasteiger partial charge on any atom is 0.320 e. The van der Waals surface area contributed by atoms with Crippen molar-refractivity contribution in [1.82, 2.24) is 20.0 Å². The molecule has 6 nitrogen and oxygen atoms in total. The predicted octanol–water partition coefficient (Wildman–Crippen LogP) is 0.346. The molecule has 0 saturated carbocycles. The average Bonchev–Trinajstić information content (AvgIpc) is 2.76. The van der Waals surface area contributed by atoms with Crippen molar-refractivity contribution in [2.24, 2.45) is 0 Å². The summed E-state index contributed by atoms with van der Waals surface area (Å²) in [6.07, 6.45) is 4.55. The minimum Gasteiger partial charge on any atom is -0.339 e. The molecule has 2 saturated heterocycles. The fourth-order valence-corrected chi connectivity index (χ4v) is 2.79. The third-order valence-corrected chi connectivity index (χ3v) is 4.05. The van der Waals surface area contributed by atoms with E-state index in [2.05, 4.69) is 5.32 Å². The van der Waals surface area contributed by atoms with E-state index in [4.69, 9.17) is 0 Å². The highest BCUT2D eigenvalue weighted by molar-refractivity contribution is 5.84. The van der Waals surface area contributed by atoms with Crippen LogP contribution < -0.4 is 5.32 Å². The fourth-order valence-electron chi connectivity index (χ4n) is 2.79. The highest BCUT2D eigenvalue weighted by Gasteiger charge is 2.23. The van der Waals surface area contributed by atoms with Crippen molar-refractivity contribution >= 4 is 11.9 Å². The predicted molar refractivity (Wildman–Crippen MR) is 77.5 cm³/mol. The summed E-state index contributed by atoms with van der Waals surface area (Å²) in [6.45, 7) is 5.01. The molecule has 0 bridgehead atoms. The first-order chi connectivity index (χ1) is 9.68. The number of carbonyl (C=O) groups excluding carboxylic acids is 2. The molecular weight excluding hydrogens is 256 g/mol. The second-order valence-corrected chi connectivity index (χ2v) is 5.67. The summed E-state index contributed by atoms with van der Waals surface area (Å²) in [5.74, 6) is 0.0529. The van der Waals surface area contributed by atoms with Gasteiger partial charge < -0.3 is 20.0 Å². The first-order valence-corrected chi connectivity index (χ1v) is 7.67. The van der Waals surface area contributed by atoms with E-state index in [-0.39, 0.29) is 18.5 Å². The zero-order chi connectivity index (χ0) is 14.4. The molecule has 114 valence electrons. The highest BCUT2D eigenvalue weighted by Crippen LogP contribution is 2.11. The van der Waals surface area contributed by atoms with Gasteiger partial charge in [0.25, 0.3) is 0 Å². The van der Waals surface area contributed by atoms with Gasteiger partial charge in [-0.05, 0) is 12.8 Å². The third kappa shape index (κ3) is 4.10. The van der Waals surface area contributed by atoms with Gasteiger partial charge in [0.15, 0.2) is 0 Å². The second kappa shape index (κ2) is 7.47. The first kappa shape index (κ1) is 15.1. The number of hydrogen-bond acceptors (Lipinski definition) is 3. The quantitative estimate of drug-likeness (QED) is 0.795. The van der Waals surface area contributed by atoms with Gasteiger partial charge in [0.1, 0.15) is 6.54 Å². The molecule has 0 radical (unpaired) electrons.